The van der Waals surface area contributed by atoms with Crippen LogP contribution in [0.4, 0.5) is 0 Å². The summed E-state index contributed by atoms with van der Waals surface area (Å²) in [6, 6.07) is 24.7. The molecular weight excluding hydrogens is 344 g/mol. The van der Waals surface area contributed by atoms with Crippen LogP contribution in [0, 0.1) is 0 Å². The Morgan fingerprint density at radius 2 is 1.61 bits per heavy atom. The maximum atomic E-state index is 5.94. The molecule has 0 amide bonds. The molecule has 0 spiro atoms. The molecule has 3 heteroatoms. The number of allylic oxidation sites excluding steroid dienone is 1. The third-order valence-electron chi connectivity index (χ3n) is 5.32. The summed E-state index contributed by atoms with van der Waals surface area (Å²) >= 11 is 0. The molecule has 0 saturated heterocycles. The van der Waals surface area contributed by atoms with Gasteiger partial charge >= 0.3 is 0 Å². The summed E-state index contributed by atoms with van der Waals surface area (Å²) in [5.74, 6) is 1.71. The maximum absolute atomic E-state index is 5.94. The Morgan fingerprint density at radius 1 is 0.750 bits per heavy atom. The lowest BCUT2D eigenvalue weighted by Crippen LogP contribution is -1.95. The first-order valence-electron chi connectivity index (χ1n) is 9.41. The molecule has 3 nitrogen and oxygen atoms in total. The standard InChI is InChI=1S/C25H16N2O/c1-2-7-16(8-3-1)24-19-9-4-5-11-21(19)26-25(27-24)17-13-14-23-20(15-17)18-10-6-12-22(18)28-23/h1-9,11-15H,10H2. The van der Waals surface area contributed by atoms with Gasteiger partial charge in [0.2, 0.25) is 0 Å². The number of nitrogens with zero attached hydrogens (tertiary/aromatic N) is 2. The number of benzene rings is 3. The second-order valence-corrected chi connectivity index (χ2v) is 7.04. The smallest absolute Gasteiger partial charge is 0.160 e. The maximum Gasteiger partial charge on any atom is 0.160 e. The largest absolute Gasteiger partial charge is 0.456 e. The molecule has 2 aromatic heterocycles. The molecule has 0 bridgehead atoms. The van der Waals surface area contributed by atoms with Crippen LogP contribution in [0.15, 0.2) is 83.3 Å². The topological polar surface area (TPSA) is 38.9 Å². The molecule has 0 N–H and O–H groups in total. The average Bonchev–Trinajstić information content (AvgIpc) is 3.34. The summed E-state index contributed by atoms with van der Waals surface area (Å²) < 4.78 is 5.94. The zero-order valence-electron chi connectivity index (χ0n) is 15.1. The highest BCUT2D eigenvalue weighted by atomic mass is 16.3. The Kier molecular flexibility index (Phi) is 3.23. The first kappa shape index (κ1) is 15.3. The van der Waals surface area contributed by atoms with Crippen LogP contribution in [0.1, 0.15) is 11.3 Å². The lowest BCUT2D eigenvalue weighted by molar-refractivity contribution is 0.603. The second kappa shape index (κ2) is 5.89. The van der Waals surface area contributed by atoms with Gasteiger partial charge in [0.1, 0.15) is 11.3 Å². The van der Waals surface area contributed by atoms with Crippen molar-refractivity contribution in [3.63, 3.8) is 0 Å². The Labute approximate surface area is 162 Å². The summed E-state index contributed by atoms with van der Waals surface area (Å²) in [5, 5.41) is 2.21. The fourth-order valence-corrected chi connectivity index (χ4v) is 3.96. The average molecular weight is 360 g/mol. The van der Waals surface area contributed by atoms with Crippen LogP contribution in [0.3, 0.4) is 0 Å². The molecule has 1 aliphatic rings. The fourth-order valence-electron chi connectivity index (χ4n) is 3.96. The van der Waals surface area contributed by atoms with Gasteiger partial charge in [-0.05, 0) is 36.8 Å². The quantitative estimate of drug-likeness (QED) is 0.372. The zero-order valence-corrected chi connectivity index (χ0v) is 15.1. The van der Waals surface area contributed by atoms with E-state index in [9.17, 15) is 0 Å². The highest BCUT2D eigenvalue weighted by molar-refractivity contribution is 5.95. The van der Waals surface area contributed by atoms with E-state index in [-0.39, 0.29) is 0 Å². The van der Waals surface area contributed by atoms with E-state index < -0.39 is 0 Å². The van der Waals surface area contributed by atoms with Crippen molar-refractivity contribution >= 4 is 27.9 Å². The van der Waals surface area contributed by atoms with E-state index in [1.807, 2.05) is 48.5 Å². The zero-order chi connectivity index (χ0) is 18.5. The van der Waals surface area contributed by atoms with E-state index in [1.165, 1.54) is 5.56 Å². The van der Waals surface area contributed by atoms with Gasteiger partial charge in [-0.1, -0.05) is 54.6 Å². The van der Waals surface area contributed by atoms with Gasteiger partial charge in [-0.3, -0.25) is 0 Å². The molecule has 2 heterocycles. The van der Waals surface area contributed by atoms with E-state index in [0.717, 1.165) is 56.7 Å². The minimum absolute atomic E-state index is 0.736. The van der Waals surface area contributed by atoms with E-state index in [0.29, 0.717) is 0 Å². The molecule has 3 aromatic carbocycles. The second-order valence-electron chi connectivity index (χ2n) is 7.04. The van der Waals surface area contributed by atoms with Crippen molar-refractivity contribution in [3.05, 3.63) is 90.2 Å². The first-order chi connectivity index (χ1) is 13.9. The predicted molar refractivity (Wildman–Crippen MR) is 113 cm³/mol. The molecule has 5 aromatic rings. The minimum Gasteiger partial charge on any atom is -0.456 e. The summed E-state index contributed by atoms with van der Waals surface area (Å²) in [4.78, 5) is 9.83. The van der Waals surface area contributed by atoms with Crippen LogP contribution in [0.2, 0.25) is 0 Å². The molecule has 0 fully saturated rings. The highest BCUT2D eigenvalue weighted by Gasteiger charge is 2.17. The SMILES string of the molecule is C1=Cc2oc3ccc(-c4nc(-c5ccccc5)c5ccccc5n4)cc3c2C1. The van der Waals surface area contributed by atoms with Gasteiger partial charge in [0.15, 0.2) is 5.82 Å². The Bertz CT molecular complexity index is 1380. The van der Waals surface area contributed by atoms with Gasteiger partial charge in [0.25, 0.3) is 0 Å². The monoisotopic (exact) mass is 360 g/mol. The van der Waals surface area contributed by atoms with Gasteiger partial charge in [0.05, 0.1) is 11.2 Å². The summed E-state index contributed by atoms with van der Waals surface area (Å²) in [6.07, 6.45) is 5.11. The lowest BCUT2D eigenvalue weighted by atomic mass is 10.0. The molecule has 1 aliphatic carbocycles. The number of rotatable bonds is 2. The molecule has 0 saturated carbocycles. The lowest BCUT2D eigenvalue weighted by Gasteiger charge is -2.09. The van der Waals surface area contributed by atoms with Crippen LogP contribution in [0.5, 0.6) is 0 Å². The summed E-state index contributed by atoms with van der Waals surface area (Å²) in [7, 11) is 0. The minimum atomic E-state index is 0.736. The van der Waals surface area contributed by atoms with Crippen molar-refractivity contribution in [1.29, 1.82) is 0 Å². The van der Waals surface area contributed by atoms with Crippen LogP contribution >= 0.6 is 0 Å². The van der Waals surface area contributed by atoms with E-state index in [2.05, 4.69) is 36.4 Å². The Hall–Kier alpha value is -3.72. The molecule has 0 atom stereocenters. The van der Waals surface area contributed by atoms with Crippen LogP contribution in [-0.4, -0.2) is 9.97 Å². The van der Waals surface area contributed by atoms with E-state index in [4.69, 9.17) is 14.4 Å². The fraction of sp³-hybridized carbons (Fsp3) is 0.0400. The molecule has 0 radical (unpaired) electrons. The van der Waals surface area contributed by atoms with Gasteiger partial charge in [-0.15, -0.1) is 0 Å². The van der Waals surface area contributed by atoms with Crippen molar-refractivity contribution in [1.82, 2.24) is 9.97 Å². The van der Waals surface area contributed by atoms with Crippen molar-refractivity contribution in [2.45, 2.75) is 6.42 Å². The van der Waals surface area contributed by atoms with Crippen molar-refractivity contribution in [2.24, 2.45) is 0 Å². The van der Waals surface area contributed by atoms with E-state index >= 15 is 0 Å². The number of hydrogen-bond acceptors (Lipinski definition) is 3. The van der Waals surface area contributed by atoms with Crippen LogP contribution in [-0.2, 0) is 6.42 Å². The third-order valence-corrected chi connectivity index (χ3v) is 5.32. The van der Waals surface area contributed by atoms with Crippen LogP contribution < -0.4 is 0 Å². The predicted octanol–water partition coefficient (Wildman–Crippen LogP) is 6.28. The highest BCUT2D eigenvalue weighted by Crippen LogP contribution is 2.35. The number of aromatic nitrogens is 2. The van der Waals surface area contributed by atoms with Gasteiger partial charge in [-0.25, -0.2) is 9.97 Å². The normalized spacial score (nSPS) is 12.7. The number of fused-ring (bicyclic) bond motifs is 4. The summed E-state index contributed by atoms with van der Waals surface area (Å²) in [5.41, 5.74) is 6.18. The third kappa shape index (κ3) is 2.30. The van der Waals surface area contributed by atoms with Gasteiger partial charge in [0, 0.05) is 27.5 Å². The number of hydrogen-bond donors (Lipinski definition) is 0. The van der Waals surface area contributed by atoms with Gasteiger partial charge < -0.3 is 4.42 Å². The van der Waals surface area contributed by atoms with Crippen LogP contribution in [0.25, 0.3) is 50.6 Å². The number of furan rings is 1. The van der Waals surface area contributed by atoms with Crippen molar-refractivity contribution in [2.75, 3.05) is 0 Å². The summed E-state index contributed by atoms with van der Waals surface area (Å²) in [6.45, 7) is 0. The molecule has 132 valence electrons. The van der Waals surface area contributed by atoms with Crippen molar-refractivity contribution < 1.29 is 4.42 Å². The Balaban J connectivity index is 1.60. The first-order valence-corrected chi connectivity index (χ1v) is 9.41. The number of para-hydroxylation sites is 1. The van der Waals surface area contributed by atoms with Crippen molar-refractivity contribution in [3.8, 4) is 22.6 Å². The molecule has 0 aliphatic heterocycles. The molecule has 0 unspecified atom stereocenters. The molecule has 6 rings (SSSR count). The molecular formula is C25H16N2O. The van der Waals surface area contributed by atoms with Gasteiger partial charge in [-0.2, -0.15) is 0 Å². The molecule has 28 heavy (non-hydrogen) atoms. The Morgan fingerprint density at radius 3 is 2.54 bits per heavy atom. The van der Waals surface area contributed by atoms with E-state index in [1.54, 1.807) is 0 Å².